The molecule has 2 aromatic rings. The van der Waals surface area contributed by atoms with Crippen LogP contribution in [0.5, 0.6) is 0 Å². The predicted molar refractivity (Wildman–Crippen MR) is 89.4 cm³/mol. The van der Waals surface area contributed by atoms with E-state index in [-0.39, 0.29) is 30.5 Å². The van der Waals surface area contributed by atoms with E-state index in [0.29, 0.717) is 19.8 Å². The molecule has 1 aliphatic carbocycles. The highest BCUT2D eigenvalue weighted by Crippen LogP contribution is 2.32. The zero-order valence-corrected chi connectivity index (χ0v) is 13.7. The summed E-state index contributed by atoms with van der Waals surface area (Å²) in [6.45, 7) is 1.90. The number of para-hydroxylation sites is 1. The van der Waals surface area contributed by atoms with Crippen LogP contribution in [0.2, 0.25) is 0 Å². The van der Waals surface area contributed by atoms with E-state index in [9.17, 15) is 9.90 Å². The lowest BCUT2D eigenvalue weighted by Crippen LogP contribution is -2.54. The van der Waals surface area contributed by atoms with Crippen LogP contribution in [-0.2, 0) is 16.1 Å². The van der Waals surface area contributed by atoms with E-state index in [1.807, 2.05) is 29.2 Å². The van der Waals surface area contributed by atoms with Crippen LogP contribution in [0.3, 0.4) is 0 Å². The first-order valence-corrected chi connectivity index (χ1v) is 8.70. The summed E-state index contributed by atoms with van der Waals surface area (Å²) < 4.78 is 7.36. The van der Waals surface area contributed by atoms with Gasteiger partial charge < -0.3 is 14.7 Å². The molecule has 1 aromatic heterocycles. The summed E-state index contributed by atoms with van der Waals surface area (Å²) in [4.78, 5) is 14.8. The summed E-state index contributed by atoms with van der Waals surface area (Å²) in [5.41, 5.74) is 0.969. The Balaban J connectivity index is 1.53. The van der Waals surface area contributed by atoms with E-state index in [1.165, 1.54) is 0 Å². The van der Waals surface area contributed by atoms with Gasteiger partial charge in [0.1, 0.15) is 6.54 Å². The van der Waals surface area contributed by atoms with Gasteiger partial charge in [-0.25, -0.2) is 0 Å². The largest absolute Gasteiger partial charge is 0.393 e. The van der Waals surface area contributed by atoms with Crippen molar-refractivity contribution in [2.75, 3.05) is 19.8 Å². The van der Waals surface area contributed by atoms with Crippen molar-refractivity contribution < 1.29 is 14.6 Å². The van der Waals surface area contributed by atoms with Crippen molar-refractivity contribution in [3.05, 3.63) is 30.5 Å². The average Bonchev–Trinajstić information content (AvgIpc) is 3.21. The number of aliphatic hydroxyl groups is 1. The molecule has 128 valence electrons. The molecular formula is C18H23N3O3. The fourth-order valence-electron chi connectivity index (χ4n) is 4.08. The van der Waals surface area contributed by atoms with Crippen molar-refractivity contribution in [1.82, 2.24) is 14.7 Å². The highest BCUT2D eigenvalue weighted by molar-refractivity contribution is 5.82. The highest BCUT2D eigenvalue weighted by Gasteiger charge is 2.39. The summed E-state index contributed by atoms with van der Waals surface area (Å²) in [5, 5.41) is 15.6. The maximum atomic E-state index is 12.9. The van der Waals surface area contributed by atoms with Gasteiger partial charge in [-0.15, -0.1) is 0 Å². The van der Waals surface area contributed by atoms with Crippen LogP contribution < -0.4 is 0 Å². The number of carbonyl (C=O) groups excluding carboxylic acids is 1. The van der Waals surface area contributed by atoms with E-state index in [4.69, 9.17) is 4.74 Å². The second-order valence-electron chi connectivity index (χ2n) is 6.75. The molecule has 0 spiro atoms. The number of amides is 1. The molecule has 0 unspecified atom stereocenters. The minimum Gasteiger partial charge on any atom is -0.393 e. The minimum absolute atomic E-state index is 0.0226. The summed E-state index contributed by atoms with van der Waals surface area (Å²) in [6, 6.07) is 7.88. The first kappa shape index (κ1) is 15.6. The number of benzene rings is 1. The summed E-state index contributed by atoms with van der Waals surface area (Å²) >= 11 is 0. The molecule has 4 rings (SSSR count). The molecule has 1 amide bonds. The van der Waals surface area contributed by atoms with Gasteiger partial charge >= 0.3 is 0 Å². The number of carbonyl (C=O) groups is 1. The zero-order valence-electron chi connectivity index (χ0n) is 13.7. The lowest BCUT2D eigenvalue weighted by atomic mass is 9.94. The van der Waals surface area contributed by atoms with Crippen molar-refractivity contribution in [3.63, 3.8) is 0 Å². The second kappa shape index (κ2) is 6.53. The van der Waals surface area contributed by atoms with Gasteiger partial charge in [0.2, 0.25) is 5.91 Å². The van der Waals surface area contributed by atoms with Crippen LogP contribution in [0.15, 0.2) is 30.5 Å². The van der Waals surface area contributed by atoms with Gasteiger partial charge in [0.05, 0.1) is 37.1 Å². The molecule has 1 aliphatic heterocycles. The molecule has 2 heterocycles. The summed E-state index contributed by atoms with van der Waals surface area (Å²) in [5.74, 6) is 0.180. The van der Waals surface area contributed by atoms with Crippen molar-refractivity contribution >= 4 is 16.8 Å². The first-order chi connectivity index (χ1) is 11.7. The maximum absolute atomic E-state index is 12.9. The lowest BCUT2D eigenvalue weighted by Gasteiger charge is -2.40. The van der Waals surface area contributed by atoms with Crippen molar-refractivity contribution in [2.45, 2.75) is 38.0 Å². The standard InChI is InChI=1S/C18H23N3O3/c22-17-7-3-5-14(17)16-12-24-9-8-20(16)18(23)11-21-15-6-2-1-4-13(15)10-19-21/h1-2,4,6,10,14,16-17,22H,3,5,7-9,11-12H2/t14-,16+,17-/m0/s1. The Labute approximate surface area is 141 Å². The van der Waals surface area contributed by atoms with Crippen molar-refractivity contribution in [1.29, 1.82) is 0 Å². The molecule has 0 radical (unpaired) electrons. The number of rotatable bonds is 3. The van der Waals surface area contributed by atoms with Gasteiger partial charge in [-0.3, -0.25) is 9.48 Å². The number of hydrogen-bond acceptors (Lipinski definition) is 4. The molecule has 1 aromatic carbocycles. The normalized spacial score (nSPS) is 27.7. The number of aromatic nitrogens is 2. The van der Waals surface area contributed by atoms with E-state index < -0.39 is 0 Å². The Morgan fingerprint density at radius 2 is 2.21 bits per heavy atom. The highest BCUT2D eigenvalue weighted by atomic mass is 16.5. The zero-order chi connectivity index (χ0) is 16.5. The maximum Gasteiger partial charge on any atom is 0.244 e. The van der Waals surface area contributed by atoms with Crippen molar-refractivity contribution in [3.8, 4) is 0 Å². The third-order valence-corrected chi connectivity index (χ3v) is 5.35. The number of ether oxygens (including phenoxy) is 1. The van der Waals surface area contributed by atoms with Crippen LogP contribution in [0.4, 0.5) is 0 Å². The Bertz CT molecular complexity index is 729. The van der Waals surface area contributed by atoms with E-state index in [2.05, 4.69) is 5.10 Å². The van der Waals surface area contributed by atoms with Gasteiger partial charge in [0.25, 0.3) is 0 Å². The van der Waals surface area contributed by atoms with Gasteiger partial charge in [-0.05, 0) is 18.9 Å². The average molecular weight is 329 g/mol. The molecular weight excluding hydrogens is 306 g/mol. The topological polar surface area (TPSA) is 67.6 Å². The number of morpholine rings is 1. The fraction of sp³-hybridized carbons (Fsp3) is 0.556. The Kier molecular flexibility index (Phi) is 4.24. The molecule has 1 saturated heterocycles. The van der Waals surface area contributed by atoms with Gasteiger partial charge in [0.15, 0.2) is 0 Å². The Morgan fingerprint density at radius 1 is 1.33 bits per heavy atom. The molecule has 0 bridgehead atoms. The molecule has 6 heteroatoms. The first-order valence-electron chi connectivity index (χ1n) is 8.70. The van der Waals surface area contributed by atoms with Crippen LogP contribution in [0, 0.1) is 5.92 Å². The fourth-order valence-corrected chi connectivity index (χ4v) is 4.08. The van der Waals surface area contributed by atoms with Crippen LogP contribution in [0.1, 0.15) is 19.3 Å². The number of fused-ring (bicyclic) bond motifs is 1. The molecule has 3 atom stereocenters. The smallest absolute Gasteiger partial charge is 0.244 e. The summed E-state index contributed by atoms with van der Waals surface area (Å²) in [6.07, 6.45) is 4.28. The molecule has 1 N–H and O–H groups in total. The number of hydrogen-bond donors (Lipinski definition) is 1. The molecule has 2 fully saturated rings. The van der Waals surface area contributed by atoms with Gasteiger partial charge in [-0.1, -0.05) is 24.6 Å². The number of aliphatic hydroxyl groups excluding tert-OH is 1. The van der Waals surface area contributed by atoms with Crippen molar-refractivity contribution in [2.24, 2.45) is 5.92 Å². The van der Waals surface area contributed by atoms with E-state index >= 15 is 0 Å². The van der Waals surface area contributed by atoms with Crippen LogP contribution in [-0.4, -0.2) is 57.6 Å². The molecule has 1 saturated carbocycles. The van der Waals surface area contributed by atoms with Crippen LogP contribution in [0.25, 0.3) is 10.9 Å². The number of nitrogens with zero attached hydrogens (tertiary/aromatic N) is 3. The monoisotopic (exact) mass is 329 g/mol. The molecule has 2 aliphatic rings. The van der Waals surface area contributed by atoms with E-state index in [1.54, 1.807) is 10.9 Å². The third kappa shape index (κ3) is 2.80. The Hall–Kier alpha value is -1.92. The van der Waals surface area contributed by atoms with E-state index in [0.717, 1.165) is 30.2 Å². The van der Waals surface area contributed by atoms with Gasteiger partial charge in [0, 0.05) is 17.8 Å². The predicted octanol–water partition coefficient (Wildman–Crippen LogP) is 1.42. The second-order valence-corrected chi connectivity index (χ2v) is 6.75. The lowest BCUT2D eigenvalue weighted by molar-refractivity contribution is -0.144. The third-order valence-electron chi connectivity index (χ3n) is 5.35. The molecule has 6 nitrogen and oxygen atoms in total. The Morgan fingerprint density at radius 3 is 3.04 bits per heavy atom. The summed E-state index contributed by atoms with van der Waals surface area (Å²) in [7, 11) is 0. The minimum atomic E-state index is -0.322. The SMILES string of the molecule is O=C(Cn1ncc2ccccc21)N1CCOC[C@@H]1[C@@H]1CCC[C@@H]1O. The quantitative estimate of drug-likeness (QED) is 0.925. The van der Waals surface area contributed by atoms with Crippen LogP contribution >= 0.6 is 0 Å². The molecule has 24 heavy (non-hydrogen) atoms. The van der Waals surface area contributed by atoms with Gasteiger partial charge in [-0.2, -0.15) is 5.10 Å².